The summed E-state index contributed by atoms with van der Waals surface area (Å²) in [4.78, 5) is 16.8. The monoisotopic (exact) mass is 359 g/mol. The van der Waals surface area contributed by atoms with Crippen LogP contribution in [0.2, 0.25) is 0 Å². The Balaban J connectivity index is 1.53. The van der Waals surface area contributed by atoms with Gasteiger partial charge in [-0.1, -0.05) is 30.3 Å². The van der Waals surface area contributed by atoms with Crippen molar-refractivity contribution < 1.29 is 13.9 Å². The smallest absolute Gasteiger partial charge is 0.323 e. The van der Waals surface area contributed by atoms with Crippen molar-refractivity contribution in [1.29, 1.82) is 0 Å². The first-order chi connectivity index (χ1) is 13.2. The summed E-state index contributed by atoms with van der Waals surface area (Å²) in [7, 11) is 1.56. The van der Waals surface area contributed by atoms with Gasteiger partial charge in [-0.25, -0.2) is 9.78 Å². The number of methoxy groups -OCH3 is 1. The summed E-state index contributed by atoms with van der Waals surface area (Å²) < 4.78 is 11.0. The summed E-state index contributed by atoms with van der Waals surface area (Å²) in [5.41, 5.74) is 3.51. The molecule has 1 aromatic heterocycles. The number of nitrogens with zero attached hydrogens (tertiary/aromatic N) is 1. The third-order valence-corrected chi connectivity index (χ3v) is 4.02. The maximum atomic E-state index is 12.3. The SMILES string of the molecule is COc1ccccc1NC(=O)Nc1cccc(-c2nc3ccccc3o2)c1. The zero-order valence-electron chi connectivity index (χ0n) is 14.6. The summed E-state index contributed by atoms with van der Waals surface area (Å²) in [6.07, 6.45) is 0. The Hall–Kier alpha value is -3.80. The van der Waals surface area contributed by atoms with E-state index in [-0.39, 0.29) is 6.03 Å². The first-order valence-electron chi connectivity index (χ1n) is 8.40. The molecule has 0 radical (unpaired) electrons. The van der Waals surface area contributed by atoms with Gasteiger partial charge in [0.05, 0.1) is 12.8 Å². The third kappa shape index (κ3) is 3.59. The van der Waals surface area contributed by atoms with Crippen LogP contribution >= 0.6 is 0 Å². The average molecular weight is 359 g/mol. The van der Waals surface area contributed by atoms with Gasteiger partial charge in [-0.3, -0.25) is 0 Å². The Morgan fingerprint density at radius 1 is 0.963 bits per heavy atom. The number of ether oxygens (including phenoxy) is 1. The van der Waals surface area contributed by atoms with Gasteiger partial charge < -0.3 is 19.8 Å². The standard InChI is InChI=1S/C21H17N3O3/c1-26-18-11-4-2-9-16(18)24-21(25)22-15-8-6-7-14(13-15)20-23-17-10-3-5-12-19(17)27-20/h2-13H,1H3,(H2,22,24,25). The summed E-state index contributed by atoms with van der Waals surface area (Å²) in [6.45, 7) is 0. The summed E-state index contributed by atoms with van der Waals surface area (Å²) >= 11 is 0. The van der Waals surface area contributed by atoms with E-state index < -0.39 is 0 Å². The predicted molar refractivity (Wildman–Crippen MR) is 105 cm³/mol. The first-order valence-corrected chi connectivity index (χ1v) is 8.40. The van der Waals surface area contributed by atoms with Crippen LogP contribution in [0.4, 0.5) is 16.2 Å². The Bertz CT molecular complexity index is 1070. The number of oxazole rings is 1. The number of anilines is 2. The van der Waals surface area contributed by atoms with E-state index in [2.05, 4.69) is 15.6 Å². The molecule has 6 nitrogen and oxygen atoms in total. The van der Waals surface area contributed by atoms with E-state index in [1.54, 1.807) is 25.3 Å². The Morgan fingerprint density at radius 2 is 1.78 bits per heavy atom. The second-order valence-electron chi connectivity index (χ2n) is 5.85. The van der Waals surface area contributed by atoms with Crippen LogP contribution in [0.3, 0.4) is 0 Å². The molecular weight excluding hydrogens is 342 g/mol. The van der Waals surface area contributed by atoms with Gasteiger partial charge in [-0.2, -0.15) is 0 Å². The van der Waals surface area contributed by atoms with E-state index in [0.717, 1.165) is 16.7 Å². The van der Waals surface area contributed by atoms with Crippen LogP contribution in [0.25, 0.3) is 22.6 Å². The van der Waals surface area contributed by atoms with E-state index in [9.17, 15) is 4.79 Å². The number of carbonyl (C=O) groups is 1. The normalized spacial score (nSPS) is 10.6. The van der Waals surface area contributed by atoms with Crippen molar-refractivity contribution in [2.24, 2.45) is 0 Å². The molecule has 0 saturated carbocycles. The maximum absolute atomic E-state index is 12.3. The fourth-order valence-electron chi connectivity index (χ4n) is 2.76. The highest BCUT2D eigenvalue weighted by atomic mass is 16.5. The lowest BCUT2D eigenvalue weighted by molar-refractivity contribution is 0.262. The number of urea groups is 1. The molecule has 27 heavy (non-hydrogen) atoms. The number of aromatic nitrogens is 1. The van der Waals surface area contributed by atoms with E-state index in [1.165, 1.54) is 0 Å². The molecule has 0 spiro atoms. The molecule has 6 heteroatoms. The van der Waals surface area contributed by atoms with Crippen LogP contribution in [0, 0.1) is 0 Å². The molecule has 0 aliphatic heterocycles. The van der Waals surface area contributed by atoms with Gasteiger partial charge >= 0.3 is 6.03 Å². The molecule has 0 aliphatic carbocycles. The van der Waals surface area contributed by atoms with Crippen LogP contribution in [0.15, 0.2) is 77.2 Å². The van der Waals surface area contributed by atoms with Crippen molar-refractivity contribution in [3.8, 4) is 17.2 Å². The Morgan fingerprint density at radius 3 is 2.63 bits per heavy atom. The molecule has 134 valence electrons. The number of amides is 2. The highest BCUT2D eigenvalue weighted by Gasteiger charge is 2.10. The van der Waals surface area contributed by atoms with Gasteiger partial charge in [0.2, 0.25) is 5.89 Å². The number of rotatable bonds is 4. The molecule has 3 aromatic carbocycles. The molecule has 4 rings (SSSR count). The molecule has 0 bridgehead atoms. The topological polar surface area (TPSA) is 76.4 Å². The number of carbonyl (C=O) groups excluding carboxylic acids is 1. The predicted octanol–water partition coefficient (Wildman–Crippen LogP) is 5.15. The summed E-state index contributed by atoms with van der Waals surface area (Å²) in [6, 6.07) is 21.8. The first kappa shape index (κ1) is 16.7. The van der Waals surface area contributed by atoms with Crippen LogP contribution in [0.5, 0.6) is 5.75 Å². The van der Waals surface area contributed by atoms with Gasteiger partial charge in [-0.15, -0.1) is 0 Å². The lowest BCUT2D eigenvalue weighted by atomic mass is 10.2. The number of hydrogen-bond acceptors (Lipinski definition) is 4. The van der Waals surface area contributed by atoms with Crippen molar-refractivity contribution in [2.75, 3.05) is 17.7 Å². The minimum atomic E-state index is -0.366. The fraction of sp³-hybridized carbons (Fsp3) is 0.0476. The summed E-state index contributed by atoms with van der Waals surface area (Å²) in [5.74, 6) is 1.10. The van der Waals surface area contributed by atoms with Crippen LogP contribution in [-0.4, -0.2) is 18.1 Å². The average Bonchev–Trinajstić information content (AvgIpc) is 3.13. The van der Waals surface area contributed by atoms with Crippen molar-refractivity contribution in [2.45, 2.75) is 0 Å². The maximum Gasteiger partial charge on any atom is 0.323 e. The number of nitrogens with one attached hydrogen (secondary N) is 2. The number of fused-ring (bicyclic) bond motifs is 1. The van der Waals surface area contributed by atoms with Crippen molar-refractivity contribution in [3.05, 3.63) is 72.8 Å². The molecule has 0 unspecified atom stereocenters. The fourth-order valence-corrected chi connectivity index (χ4v) is 2.76. The second-order valence-corrected chi connectivity index (χ2v) is 5.85. The van der Waals surface area contributed by atoms with Crippen LogP contribution in [-0.2, 0) is 0 Å². The number of para-hydroxylation sites is 4. The molecule has 2 amide bonds. The largest absolute Gasteiger partial charge is 0.495 e. The van der Waals surface area contributed by atoms with Gasteiger partial charge in [0.15, 0.2) is 5.58 Å². The van der Waals surface area contributed by atoms with E-state index >= 15 is 0 Å². The quantitative estimate of drug-likeness (QED) is 0.528. The van der Waals surface area contributed by atoms with Crippen LogP contribution in [0.1, 0.15) is 0 Å². The highest BCUT2D eigenvalue weighted by Crippen LogP contribution is 2.27. The molecule has 2 N–H and O–H groups in total. The minimum absolute atomic E-state index is 0.366. The minimum Gasteiger partial charge on any atom is -0.495 e. The van der Waals surface area contributed by atoms with Crippen LogP contribution < -0.4 is 15.4 Å². The van der Waals surface area contributed by atoms with E-state index in [1.807, 2.05) is 54.6 Å². The number of hydrogen-bond donors (Lipinski definition) is 2. The molecule has 0 atom stereocenters. The van der Waals surface area contributed by atoms with E-state index in [4.69, 9.17) is 9.15 Å². The molecular formula is C21H17N3O3. The van der Waals surface area contributed by atoms with Crippen molar-refractivity contribution in [1.82, 2.24) is 4.98 Å². The van der Waals surface area contributed by atoms with Gasteiger partial charge in [-0.05, 0) is 42.5 Å². The third-order valence-electron chi connectivity index (χ3n) is 4.02. The zero-order chi connectivity index (χ0) is 18.6. The second kappa shape index (κ2) is 7.21. The molecule has 0 aliphatic rings. The van der Waals surface area contributed by atoms with Gasteiger partial charge in [0.25, 0.3) is 0 Å². The van der Waals surface area contributed by atoms with Crippen molar-refractivity contribution in [3.63, 3.8) is 0 Å². The van der Waals surface area contributed by atoms with Gasteiger partial charge in [0, 0.05) is 11.3 Å². The Labute approximate surface area is 155 Å². The molecule has 1 heterocycles. The van der Waals surface area contributed by atoms with Gasteiger partial charge in [0.1, 0.15) is 11.3 Å². The van der Waals surface area contributed by atoms with E-state index in [0.29, 0.717) is 23.0 Å². The lowest BCUT2D eigenvalue weighted by Crippen LogP contribution is -2.19. The summed E-state index contributed by atoms with van der Waals surface area (Å²) in [5, 5.41) is 5.59. The Kier molecular flexibility index (Phi) is 4.45. The van der Waals surface area contributed by atoms with Crippen molar-refractivity contribution >= 4 is 28.5 Å². The molecule has 0 saturated heterocycles. The highest BCUT2D eigenvalue weighted by molar-refractivity contribution is 6.01. The zero-order valence-corrected chi connectivity index (χ0v) is 14.6. The molecule has 0 fully saturated rings. The number of benzene rings is 3. The molecule has 4 aromatic rings. The lowest BCUT2D eigenvalue weighted by Gasteiger charge is -2.11.